The maximum atomic E-state index is 11.5. The van der Waals surface area contributed by atoms with Crippen molar-refractivity contribution in [2.45, 2.75) is 32.4 Å². The van der Waals surface area contributed by atoms with E-state index in [0.717, 1.165) is 0 Å². The normalized spacial score (nSPS) is 16.9. The molecular weight excluding hydrogens is 196 g/mol. The molecule has 0 aromatic heterocycles. The van der Waals surface area contributed by atoms with Gasteiger partial charge in [0.25, 0.3) is 0 Å². The predicted molar refractivity (Wildman–Crippen MR) is 57.4 cm³/mol. The van der Waals surface area contributed by atoms with Crippen LogP contribution in [0.5, 0.6) is 0 Å². The number of hydrogen-bond donors (Lipinski definition) is 2. The van der Waals surface area contributed by atoms with Gasteiger partial charge in [0, 0.05) is 13.1 Å². The summed E-state index contributed by atoms with van der Waals surface area (Å²) in [5, 5.41) is 0. The van der Waals surface area contributed by atoms with E-state index in [0.29, 0.717) is 13.1 Å². The molecule has 0 spiro atoms. The molecule has 1 amide bonds. The van der Waals surface area contributed by atoms with Gasteiger partial charge in [-0.05, 0) is 20.8 Å². The zero-order valence-corrected chi connectivity index (χ0v) is 9.36. The Bertz CT molecular complexity index is 272. The molecule has 1 saturated heterocycles. The molecule has 0 aromatic carbocycles. The van der Waals surface area contributed by atoms with Crippen LogP contribution in [0.4, 0.5) is 4.79 Å². The van der Waals surface area contributed by atoms with E-state index in [-0.39, 0.29) is 18.1 Å². The molecule has 0 aliphatic carbocycles. The Morgan fingerprint density at radius 1 is 1.40 bits per heavy atom. The Morgan fingerprint density at radius 2 is 1.93 bits per heavy atom. The summed E-state index contributed by atoms with van der Waals surface area (Å²) in [4.78, 5) is 17.0. The Balaban J connectivity index is 2.33. The van der Waals surface area contributed by atoms with E-state index >= 15 is 0 Å². The summed E-state index contributed by atoms with van der Waals surface area (Å²) in [6.45, 7) is 6.54. The van der Waals surface area contributed by atoms with Crippen LogP contribution in [-0.2, 0) is 4.74 Å². The van der Waals surface area contributed by atoms with Crippen molar-refractivity contribution in [2.75, 3.05) is 13.1 Å². The van der Waals surface area contributed by atoms with E-state index in [1.165, 1.54) is 0 Å². The highest BCUT2D eigenvalue weighted by atomic mass is 16.6. The fraction of sp³-hybridized carbons (Fsp3) is 0.778. The summed E-state index contributed by atoms with van der Waals surface area (Å²) < 4.78 is 5.17. The smallest absolute Gasteiger partial charge is 0.410 e. The standard InChI is InChI=1S/C9H18N4O2/c1-9(2,3)15-8(14)13-4-6(5-13)12-7(10)11/h6H,4-5H2,1-3H3,(H4,10,11,12). The van der Waals surface area contributed by atoms with E-state index < -0.39 is 5.60 Å². The second-order valence-corrected chi connectivity index (χ2v) is 4.59. The molecule has 86 valence electrons. The highest BCUT2D eigenvalue weighted by molar-refractivity contribution is 5.76. The fourth-order valence-electron chi connectivity index (χ4n) is 1.22. The van der Waals surface area contributed by atoms with Crippen LogP contribution in [0, 0.1) is 0 Å². The number of guanidine groups is 1. The maximum Gasteiger partial charge on any atom is 0.410 e. The van der Waals surface area contributed by atoms with Gasteiger partial charge < -0.3 is 21.1 Å². The topological polar surface area (TPSA) is 93.9 Å². The second-order valence-electron chi connectivity index (χ2n) is 4.59. The van der Waals surface area contributed by atoms with Gasteiger partial charge >= 0.3 is 6.09 Å². The molecule has 15 heavy (non-hydrogen) atoms. The van der Waals surface area contributed by atoms with Crippen molar-refractivity contribution in [1.82, 2.24) is 4.90 Å². The van der Waals surface area contributed by atoms with E-state index in [2.05, 4.69) is 4.99 Å². The number of likely N-dealkylation sites (tertiary alicyclic amines) is 1. The quantitative estimate of drug-likeness (QED) is 0.470. The van der Waals surface area contributed by atoms with Crippen LogP contribution < -0.4 is 11.5 Å². The first-order valence-corrected chi connectivity index (χ1v) is 4.84. The van der Waals surface area contributed by atoms with Crippen molar-refractivity contribution in [1.29, 1.82) is 0 Å². The molecule has 1 aliphatic rings. The van der Waals surface area contributed by atoms with Crippen molar-refractivity contribution >= 4 is 12.1 Å². The third kappa shape index (κ3) is 3.65. The molecule has 0 atom stereocenters. The molecular formula is C9H18N4O2. The molecule has 4 N–H and O–H groups in total. The Hall–Kier alpha value is -1.46. The number of amides is 1. The Labute approximate surface area is 89.3 Å². The minimum atomic E-state index is -0.460. The lowest BCUT2D eigenvalue weighted by atomic mass is 10.1. The zero-order valence-electron chi connectivity index (χ0n) is 9.36. The molecule has 0 bridgehead atoms. The van der Waals surface area contributed by atoms with Gasteiger partial charge in [0.2, 0.25) is 0 Å². The SMILES string of the molecule is CC(C)(C)OC(=O)N1CC(N=C(N)N)C1. The van der Waals surface area contributed by atoms with Crippen molar-refractivity contribution in [3.63, 3.8) is 0 Å². The molecule has 1 fully saturated rings. The number of nitrogens with two attached hydrogens (primary N) is 2. The lowest BCUT2D eigenvalue weighted by Crippen LogP contribution is -2.54. The van der Waals surface area contributed by atoms with Crippen LogP contribution in [0.3, 0.4) is 0 Å². The summed E-state index contributed by atoms with van der Waals surface area (Å²) >= 11 is 0. The van der Waals surface area contributed by atoms with Gasteiger partial charge in [0.15, 0.2) is 5.96 Å². The summed E-state index contributed by atoms with van der Waals surface area (Å²) in [7, 11) is 0. The molecule has 0 radical (unpaired) electrons. The summed E-state index contributed by atoms with van der Waals surface area (Å²) in [6.07, 6.45) is -0.315. The largest absolute Gasteiger partial charge is 0.444 e. The number of carbonyl (C=O) groups excluding carboxylic acids is 1. The molecule has 6 heteroatoms. The van der Waals surface area contributed by atoms with Gasteiger partial charge in [-0.1, -0.05) is 0 Å². The monoisotopic (exact) mass is 214 g/mol. The third-order valence-corrected chi connectivity index (χ3v) is 1.85. The molecule has 0 saturated carbocycles. The molecule has 1 rings (SSSR count). The van der Waals surface area contributed by atoms with Crippen LogP contribution in [0.1, 0.15) is 20.8 Å². The van der Waals surface area contributed by atoms with Crippen LogP contribution in [-0.4, -0.2) is 41.7 Å². The Kier molecular flexibility index (Phi) is 3.06. The van der Waals surface area contributed by atoms with Crippen LogP contribution >= 0.6 is 0 Å². The summed E-state index contributed by atoms with van der Waals surface area (Å²) in [5.41, 5.74) is 9.98. The molecule has 6 nitrogen and oxygen atoms in total. The number of aliphatic imine (C=N–C) groups is 1. The number of carbonyl (C=O) groups is 1. The van der Waals surface area contributed by atoms with Gasteiger partial charge in [-0.25, -0.2) is 9.79 Å². The lowest BCUT2D eigenvalue weighted by molar-refractivity contribution is 0.00904. The van der Waals surface area contributed by atoms with Crippen molar-refractivity contribution in [3.05, 3.63) is 0 Å². The third-order valence-electron chi connectivity index (χ3n) is 1.85. The van der Waals surface area contributed by atoms with E-state index in [1.54, 1.807) is 4.90 Å². The van der Waals surface area contributed by atoms with Gasteiger partial charge in [-0.2, -0.15) is 0 Å². The van der Waals surface area contributed by atoms with Crippen LogP contribution in [0.25, 0.3) is 0 Å². The number of hydrogen-bond acceptors (Lipinski definition) is 3. The zero-order chi connectivity index (χ0) is 11.6. The first kappa shape index (κ1) is 11.6. The van der Waals surface area contributed by atoms with Crippen LogP contribution in [0.15, 0.2) is 4.99 Å². The Morgan fingerprint density at radius 3 is 2.33 bits per heavy atom. The van der Waals surface area contributed by atoms with Crippen molar-refractivity contribution < 1.29 is 9.53 Å². The number of nitrogens with zero attached hydrogens (tertiary/aromatic N) is 2. The van der Waals surface area contributed by atoms with Gasteiger partial charge in [0.05, 0.1) is 6.04 Å². The summed E-state index contributed by atoms with van der Waals surface area (Å²) in [6, 6.07) is 0.0162. The first-order chi connectivity index (χ1) is 6.78. The second kappa shape index (κ2) is 3.96. The number of rotatable bonds is 1. The highest BCUT2D eigenvalue weighted by Gasteiger charge is 2.33. The average Bonchev–Trinajstić information content (AvgIpc) is 1.91. The maximum absolute atomic E-state index is 11.5. The molecule has 1 aliphatic heterocycles. The van der Waals surface area contributed by atoms with Crippen molar-refractivity contribution in [3.8, 4) is 0 Å². The van der Waals surface area contributed by atoms with Gasteiger partial charge in [-0.3, -0.25) is 0 Å². The lowest BCUT2D eigenvalue weighted by Gasteiger charge is -2.37. The highest BCUT2D eigenvalue weighted by Crippen LogP contribution is 2.16. The first-order valence-electron chi connectivity index (χ1n) is 4.84. The van der Waals surface area contributed by atoms with Crippen molar-refractivity contribution in [2.24, 2.45) is 16.5 Å². The van der Waals surface area contributed by atoms with E-state index in [4.69, 9.17) is 16.2 Å². The predicted octanol–water partition coefficient (Wildman–Crippen LogP) is -0.121. The van der Waals surface area contributed by atoms with Gasteiger partial charge in [0.1, 0.15) is 5.60 Å². The minimum absolute atomic E-state index is 0.0162. The molecule has 0 unspecified atom stereocenters. The van der Waals surface area contributed by atoms with Gasteiger partial charge in [-0.15, -0.1) is 0 Å². The van der Waals surface area contributed by atoms with E-state index in [9.17, 15) is 4.79 Å². The molecule has 1 heterocycles. The molecule has 0 aromatic rings. The average molecular weight is 214 g/mol. The number of ether oxygens (including phenoxy) is 1. The fourth-order valence-corrected chi connectivity index (χ4v) is 1.22. The van der Waals surface area contributed by atoms with E-state index in [1.807, 2.05) is 20.8 Å². The summed E-state index contributed by atoms with van der Waals surface area (Å²) in [5.74, 6) is 0.0591. The van der Waals surface area contributed by atoms with Crippen LogP contribution in [0.2, 0.25) is 0 Å². The minimum Gasteiger partial charge on any atom is -0.444 e.